The molecular formula is C12H12F3NO3. The highest BCUT2D eigenvalue weighted by Crippen LogP contribution is 2.38. The number of benzene rings is 1. The fourth-order valence-electron chi connectivity index (χ4n) is 1.61. The molecule has 1 fully saturated rings. The molecule has 2 unspecified atom stereocenters. The lowest BCUT2D eigenvalue weighted by Crippen LogP contribution is -2.51. The number of nitrogens with one attached hydrogen (secondary N) is 1. The number of halogens is 3. The second kappa shape index (κ2) is 4.82. The first-order chi connectivity index (χ1) is 8.84. The van der Waals surface area contributed by atoms with Gasteiger partial charge in [0.25, 0.3) is 5.91 Å². The molecule has 0 bridgehead atoms. The molecule has 0 saturated carbocycles. The van der Waals surface area contributed by atoms with E-state index in [1.807, 2.05) is 0 Å². The molecule has 2 rings (SSSR count). The number of ether oxygens (including phenoxy) is 1. The van der Waals surface area contributed by atoms with E-state index in [9.17, 15) is 23.1 Å². The summed E-state index contributed by atoms with van der Waals surface area (Å²) in [7, 11) is 0. The van der Waals surface area contributed by atoms with Gasteiger partial charge >= 0.3 is 6.18 Å². The van der Waals surface area contributed by atoms with E-state index in [2.05, 4.69) is 10.1 Å². The summed E-state index contributed by atoms with van der Waals surface area (Å²) in [6.07, 6.45) is -5.60. The van der Waals surface area contributed by atoms with Gasteiger partial charge in [-0.1, -0.05) is 30.3 Å². The number of rotatable bonds is 4. The molecule has 104 valence electrons. The Hall–Kier alpha value is -1.60. The number of carbonyl (C=O) groups excluding carboxylic acids is 1. The highest BCUT2D eigenvalue weighted by Gasteiger charge is 2.55. The number of epoxide rings is 1. The van der Waals surface area contributed by atoms with Crippen molar-refractivity contribution in [2.75, 3.05) is 13.2 Å². The monoisotopic (exact) mass is 275 g/mol. The highest BCUT2D eigenvalue weighted by atomic mass is 19.4. The van der Waals surface area contributed by atoms with Crippen molar-refractivity contribution < 1.29 is 27.8 Å². The Morgan fingerprint density at radius 1 is 1.37 bits per heavy atom. The molecule has 1 aliphatic heterocycles. The third-order valence-corrected chi connectivity index (χ3v) is 2.86. The summed E-state index contributed by atoms with van der Waals surface area (Å²) in [5, 5.41) is 11.9. The summed E-state index contributed by atoms with van der Waals surface area (Å²) in [6, 6.07) is 6.63. The standard InChI is InChI=1S/C12H12F3NO3/c13-12(14,15)11(18,8-4-2-1-3-5-8)7-16-10(17)9-6-19-9/h1-5,9,18H,6-7H2,(H,16,17). The fourth-order valence-corrected chi connectivity index (χ4v) is 1.61. The van der Waals surface area contributed by atoms with E-state index in [-0.39, 0.29) is 12.2 Å². The molecular weight excluding hydrogens is 263 g/mol. The third-order valence-electron chi connectivity index (χ3n) is 2.86. The van der Waals surface area contributed by atoms with Crippen molar-refractivity contribution in [2.45, 2.75) is 17.9 Å². The lowest BCUT2D eigenvalue weighted by Gasteiger charge is -2.31. The Labute approximate surface area is 107 Å². The fraction of sp³-hybridized carbons (Fsp3) is 0.417. The van der Waals surface area contributed by atoms with Crippen LogP contribution in [0.3, 0.4) is 0 Å². The van der Waals surface area contributed by atoms with Crippen LogP contribution in [0.5, 0.6) is 0 Å². The zero-order valence-electron chi connectivity index (χ0n) is 9.78. The van der Waals surface area contributed by atoms with Gasteiger partial charge in [0.1, 0.15) is 0 Å². The Kier molecular flexibility index (Phi) is 3.51. The first-order valence-corrected chi connectivity index (χ1v) is 5.58. The number of alkyl halides is 3. The molecule has 0 aromatic heterocycles. The summed E-state index contributed by atoms with van der Waals surface area (Å²) in [5.41, 5.74) is -3.43. The smallest absolute Gasteiger partial charge is 0.375 e. The maximum absolute atomic E-state index is 13.0. The number of hydrogen-bond acceptors (Lipinski definition) is 3. The van der Waals surface area contributed by atoms with Gasteiger partial charge in [0.15, 0.2) is 6.10 Å². The van der Waals surface area contributed by atoms with Crippen LogP contribution in [0.4, 0.5) is 13.2 Å². The first kappa shape index (κ1) is 13.8. The van der Waals surface area contributed by atoms with Gasteiger partial charge in [-0.3, -0.25) is 4.79 Å². The van der Waals surface area contributed by atoms with E-state index >= 15 is 0 Å². The minimum atomic E-state index is -4.90. The van der Waals surface area contributed by atoms with Gasteiger partial charge in [-0.15, -0.1) is 0 Å². The normalized spacial score (nSPS) is 21.6. The summed E-state index contributed by atoms with van der Waals surface area (Å²) < 4.78 is 43.7. The van der Waals surface area contributed by atoms with Crippen LogP contribution in [0.15, 0.2) is 30.3 Å². The lowest BCUT2D eigenvalue weighted by atomic mass is 9.93. The average molecular weight is 275 g/mol. The molecule has 0 spiro atoms. The molecule has 2 atom stereocenters. The Bertz CT molecular complexity index is 459. The average Bonchev–Trinajstić information content (AvgIpc) is 3.19. The van der Waals surface area contributed by atoms with E-state index in [4.69, 9.17) is 0 Å². The Morgan fingerprint density at radius 2 is 1.95 bits per heavy atom. The lowest BCUT2D eigenvalue weighted by molar-refractivity contribution is -0.264. The molecule has 1 aromatic rings. The summed E-state index contributed by atoms with van der Waals surface area (Å²) in [6.45, 7) is -0.749. The van der Waals surface area contributed by atoms with Crippen LogP contribution < -0.4 is 5.32 Å². The van der Waals surface area contributed by atoms with Crippen LogP contribution in [0.1, 0.15) is 5.56 Å². The van der Waals surface area contributed by atoms with Crippen LogP contribution >= 0.6 is 0 Å². The van der Waals surface area contributed by atoms with Gasteiger partial charge in [0.05, 0.1) is 13.2 Å². The van der Waals surface area contributed by atoms with Gasteiger partial charge < -0.3 is 15.2 Å². The second-order valence-electron chi connectivity index (χ2n) is 4.26. The molecule has 0 radical (unpaired) electrons. The highest BCUT2D eigenvalue weighted by molar-refractivity contribution is 5.82. The maximum Gasteiger partial charge on any atom is 0.423 e. The minimum Gasteiger partial charge on any atom is -0.375 e. The van der Waals surface area contributed by atoms with Gasteiger partial charge in [0, 0.05) is 0 Å². The SMILES string of the molecule is O=C(NCC(O)(c1ccccc1)C(F)(F)F)C1CO1. The summed E-state index contributed by atoms with van der Waals surface area (Å²) in [4.78, 5) is 11.3. The predicted octanol–water partition coefficient (Wildman–Crippen LogP) is 0.951. The zero-order chi connectivity index (χ0) is 14.1. The molecule has 4 nitrogen and oxygen atoms in total. The van der Waals surface area contributed by atoms with E-state index < -0.39 is 30.3 Å². The van der Waals surface area contributed by atoms with Crippen molar-refractivity contribution in [3.8, 4) is 0 Å². The van der Waals surface area contributed by atoms with Crippen LogP contribution in [0, 0.1) is 0 Å². The van der Waals surface area contributed by atoms with Gasteiger partial charge in [-0.25, -0.2) is 0 Å². The Morgan fingerprint density at radius 3 is 2.42 bits per heavy atom. The van der Waals surface area contributed by atoms with Crippen molar-refractivity contribution in [3.63, 3.8) is 0 Å². The van der Waals surface area contributed by atoms with Gasteiger partial charge in [0.2, 0.25) is 5.60 Å². The minimum absolute atomic E-state index is 0.196. The number of hydrogen-bond donors (Lipinski definition) is 2. The molecule has 1 amide bonds. The molecule has 7 heteroatoms. The second-order valence-corrected chi connectivity index (χ2v) is 4.26. The first-order valence-electron chi connectivity index (χ1n) is 5.58. The summed E-state index contributed by atoms with van der Waals surface area (Å²) in [5.74, 6) is -0.654. The number of aliphatic hydroxyl groups is 1. The number of amides is 1. The van der Waals surface area contributed by atoms with Crippen molar-refractivity contribution in [1.29, 1.82) is 0 Å². The zero-order valence-corrected chi connectivity index (χ0v) is 9.78. The number of carbonyl (C=O) groups is 1. The topological polar surface area (TPSA) is 61.9 Å². The quantitative estimate of drug-likeness (QED) is 0.804. The van der Waals surface area contributed by atoms with E-state index in [0.29, 0.717) is 0 Å². The van der Waals surface area contributed by atoms with Crippen molar-refractivity contribution in [1.82, 2.24) is 5.32 Å². The van der Waals surface area contributed by atoms with Gasteiger partial charge in [-0.05, 0) is 5.56 Å². The van der Waals surface area contributed by atoms with Gasteiger partial charge in [-0.2, -0.15) is 13.2 Å². The van der Waals surface area contributed by atoms with Crippen LogP contribution in [-0.4, -0.2) is 36.4 Å². The third kappa shape index (κ3) is 2.87. The van der Waals surface area contributed by atoms with Crippen LogP contribution in [0.2, 0.25) is 0 Å². The predicted molar refractivity (Wildman–Crippen MR) is 59.1 cm³/mol. The molecule has 1 aliphatic rings. The largest absolute Gasteiger partial charge is 0.423 e. The van der Waals surface area contributed by atoms with Crippen molar-refractivity contribution >= 4 is 5.91 Å². The molecule has 19 heavy (non-hydrogen) atoms. The molecule has 1 heterocycles. The van der Waals surface area contributed by atoms with E-state index in [1.54, 1.807) is 0 Å². The van der Waals surface area contributed by atoms with E-state index in [1.165, 1.54) is 18.2 Å². The molecule has 1 aromatic carbocycles. The Balaban J connectivity index is 2.17. The summed E-state index contributed by atoms with van der Waals surface area (Å²) >= 11 is 0. The van der Waals surface area contributed by atoms with Crippen molar-refractivity contribution in [2.24, 2.45) is 0 Å². The molecule has 1 saturated heterocycles. The van der Waals surface area contributed by atoms with Crippen LogP contribution in [0.25, 0.3) is 0 Å². The van der Waals surface area contributed by atoms with E-state index in [0.717, 1.165) is 12.1 Å². The maximum atomic E-state index is 13.0. The van der Waals surface area contributed by atoms with Crippen molar-refractivity contribution in [3.05, 3.63) is 35.9 Å². The molecule has 2 N–H and O–H groups in total. The molecule has 0 aliphatic carbocycles. The van der Waals surface area contributed by atoms with Crippen LogP contribution in [-0.2, 0) is 15.1 Å².